The minimum absolute atomic E-state index is 0.313. The number of halogens is 3. The van der Waals surface area contributed by atoms with Gasteiger partial charge >= 0.3 is 0 Å². The second-order valence-corrected chi connectivity index (χ2v) is 5.41. The zero-order valence-electron chi connectivity index (χ0n) is 11.6. The SMILES string of the molecule is Fc1cccc(-c2nccc(CBr)c2-c2cccc(F)c2)c1. The summed E-state index contributed by atoms with van der Waals surface area (Å²) in [5, 5.41) is 0.601. The maximum Gasteiger partial charge on any atom is 0.123 e. The summed E-state index contributed by atoms with van der Waals surface area (Å²) < 4.78 is 27.1. The molecule has 1 aromatic heterocycles. The Hall–Kier alpha value is -2.07. The molecule has 0 aliphatic carbocycles. The van der Waals surface area contributed by atoms with Crippen molar-refractivity contribution in [3.63, 3.8) is 0 Å². The van der Waals surface area contributed by atoms with Gasteiger partial charge in [0, 0.05) is 22.7 Å². The third-order valence-electron chi connectivity index (χ3n) is 3.39. The molecule has 110 valence electrons. The van der Waals surface area contributed by atoms with Crippen molar-refractivity contribution in [3.05, 3.63) is 78.0 Å². The molecule has 22 heavy (non-hydrogen) atoms. The van der Waals surface area contributed by atoms with Gasteiger partial charge in [-0.3, -0.25) is 4.98 Å². The van der Waals surface area contributed by atoms with Crippen molar-refractivity contribution < 1.29 is 8.78 Å². The fourth-order valence-corrected chi connectivity index (χ4v) is 2.90. The van der Waals surface area contributed by atoms with Crippen molar-refractivity contribution in [1.82, 2.24) is 4.98 Å². The van der Waals surface area contributed by atoms with Crippen LogP contribution in [0.25, 0.3) is 22.4 Å². The predicted molar refractivity (Wildman–Crippen MR) is 87.7 cm³/mol. The standard InChI is InChI=1S/C18H12BrF2N/c19-11-14-7-8-22-18(13-4-2-6-16(21)10-13)17(14)12-3-1-5-15(20)9-12/h1-10H,11H2. The first-order chi connectivity index (χ1) is 10.7. The van der Waals surface area contributed by atoms with Crippen molar-refractivity contribution in [2.45, 2.75) is 5.33 Å². The molecule has 0 spiro atoms. The molecule has 2 aromatic carbocycles. The van der Waals surface area contributed by atoms with Gasteiger partial charge in [-0.2, -0.15) is 0 Å². The lowest BCUT2D eigenvalue weighted by Gasteiger charge is -2.13. The quantitative estimate of drug-likeness (QED) is 0.555. The van der Waals surface area contributed by atoms with E-state index in [-0.39, 0.29) is 11.6 Å². The van der Waals surface area contributed by atoms with Crippen molar-refractivity contribution >= 4 is 15.9 Å². The molecular weight excluding hydrogens is 348 g/mol. The Morgan fingerprint density at radius 1 is 0.864 bits per heavy atom. The second-order valence-electron chi connectivity index (χ2n) is 4.85. The average Bonchev–Trinajstić information content (AvgIpc) is 2.54. The number of hydrogen-bond acceptors (Lipinski definition) is 1. The summed E-state index contributed by atoms with van der Waals surface area (Å²) in [5.74, 6) is -0.638. The van der Waals surface area contributed by atoms with Crippen LogP contribution in [0.15, 0.2) is 60.8 Å². The van der Waals surface area contributed by atoms with Crippen molar-refractivity contribution in [2.24, 2.45) is 0 Å². The van der Waals surface area contributed by atoms with Crippen molar-refractivity contribution in [3.8, 4) is 22.4 Å². The summed E-state index contributed by atoms with van der Waals surface area (Å²) in [6.45, 7) is 0. The van der Waals surface area contributed by atoms with Crippen LogP contribution in [-0.4, -0.2) is 4.98 Å². The first-order valence-corrected chi connectivity index (χ1v) is 7.87. The molecule has 0 fully saturated rings. The third kappa shape index (κ3) is 2.92. The highest BCUT2D eigenvalue weighted by Crippen LogP contribution is 2.34. The van der Waals surface area contributed by atoms with E-state index in [1.807, 2.05) is 12.1 Å². The zero-order valence-corrected chi connectivity index (χ0v) is 13.1. The average molecular weight is 360 g/mol. The maximum atomic E-state index is 13.6. The smallest absolute Gasteiger partial charge is 0.123 e. The summed E-state index contributed by atoms with van der Waals surface area (Å²) >= 11 is 3.45. The highest BCUT2D eigenvalue weighted by Gasteiger charge is 2.14. The van der Waals surface area contributed by atoms with Gasteiger partial charge in [0.25, 0.3) is 0 Å². The van der Waals surface area contributed by atoms with Gasteiger partial charge in [-0.15, -0.1) is 0 Å². The lowest BCUT2D eigenvalue weighted by atomic mass is 9.95. The van der Waals surface area contributed by atoms with Crippen LogP contribution in [0, 0.1) is 11.6 Å². The Balaban J connectivity index is 2.27. The van der Waals surface area contributed by atoms with Gasteiger partial charge in [0.1, 0.15) is 11.6 Å². The Kier molecular flexibility index (Phi) is 4.29. The van der Waals surface area contributed by atoms with Gasteiger partial charge < -0.3 is 0 Å². The minimum Gasteiger partial charge on any atom is -0.256 e. The first kappa shape index (κ1) is 14.9. The van der Waals surface area contributed by atoms with E-state index < -0.39 is 0 Å². The minimum atomic E-state index is -0.325. The molecule has 0 saturated heterocycles. The summed E-state index contributed by atoms with van der Waals surface area (Å²) in [6.07, 6.45) is 1.68. The Labute approximate surface area is 135 Å². The van der Waals surface area contributed by atoms with Crippen molar-refractivity contribution in [2.75, 3.05) is 0 Å². The Bertz CT molecular complexity index is 818. The summed E-state index contributed by atoms with van der Waals surface area (Å²) in [5.41, 5.74) is 3.82. The van der Waals surface area contributed by atoms with Crippen LogP contribution < -0.4 is 0 Å². The number of aromatic nitrogens is 1. The van der Waals surface area contributed by atoms with Crippen LogP contribution in [0.4, 0.5) is 8.78 Å². The van der Waals surface area contributed by atoms with Crippen LogP contribution in [0.2, 0.25) is 0 Å². The number of rotatable bonds is 3. The van der Waals surface area contributed by atoms with Gasteiger partial charge in [0.05, 0.1) is 5.69 Å². The van der Waals surface area contributed by atoms with E-state index in [1.165, 1.54) is 24.3 Å². The largest absolute Gasteiger partial charge is 0.256 e. The first-order valence-electron chi connectivity index (χ1n) is 6.75. The fraction of sp³-hybridized carbons (Fsp3) is 0.0556. The van der Waals surface area contributed by atoms with E-state index in [9.17, 15) is 8.78 Å². The molecule has 0 aliphatic rings. The van der Waals surface area contributed by atoms with Crippen LogP contribution in [0.3, 0.4) is 0 Å². The molecule has 4 heteroatoms. The molecule has 0 atom stereocenters. The molecular formula is C18H12BrF2N. The molecule has 0 saturated carbocycles. The van der Waals surface area contributed by atoms with Crippen LogP contribution in [0.5, 0.6) is 0 Å². The number of nitrogens with zero attached hydrogens (tertiary/aromatic N) is 1. The maximum absolute atomic E-state index is 13.6. The van der Waals surface area contributed by atoms with Gasteiger partial charge in [0.15, 0.2) is 0 Å². The van der Waals surface area contributed by atoms with Crippen LogP contribution in [0.1, 0.15) is 5.56 Å². The normalized spacial score (nSPS) is 10.7. The second kappa shape index (κ2) is 6.36. The van der Waals surface area contributed by atoms with E-state index in [0.717, 1.165) is 16.7 Å². The lowest BCUT2D eigenvalue weighted by Crippen LogP contribution is -1.95. The topological polar surface area (TPSA) is 12.9 Å². The molecule has 0 radical (unpaired) electrons. The molecule has 3 aromatic rings. The molecule has 0 N–H and O–H groups in total. The Morgan fingerprint density at radius 2 is 1.50 bits per heavy atom. The fourth-order valence-electron chi connectivity index (χ4n) is 2.43. The lowest BCUT2D eigenvalue weighted by molar-refractivity contribution is 0.627. The highest BCUT2D eigenvalue weighted by atomic mass is 79.9. The van der Waals surface area contributed by atoms with Crippen molar-refractivity contribution in [1.29, 1.82) is 0 Å². The summed E-state index contributed by atoms with van der Waals surface area (Å²) in [7, 11) is 0. The molecule has 1 heterocycles. The number of pyridine rings is 1. The van der Waals surface area contributed by atoms with E-state index >= 15 is 0 Å². The van der Waals surface area contributed by atoms with E-state index in [4.69, 9.17) is 0 Å². The van der Waals surface area contributed by atoms with Gasteiger partial charge in [-0.05, 0) is 41.5 Å². The van der Waals surface area contributed by atoms with E-state index in [2.05, 4.69) is 20.9 Å². The monoisotopic (exact) mass is 359 g/mol. The van der Waals surface area contributed by atoms with Gasteiger partial charge in [0.2, 0.25) is 0 Å². The molecule has 0 aliphatic heterocycles. The molecule has 0 unspecified atom stereocenters. The van der Waals surface area contributed by atoms with E-state index in [1.54, 1.807) is 24.4 Å². The summed E-state index contributed by atoms with van der Waals surface area (Å²) in [4.78, 5) is 4.39. The predicted octanol–water partition coefficient (Wildman–Crippen LogP) is 5.59. The third-order valence-corrected chi connectivity index (χ3v) is 4.00. The summed E-state index contributed by atoms with van der Waals surface area (Å²) in [6, 6.07) is 14.5. The number of benzene rings is 2. The molecule has 0 amide bonds. The Morgan fingerprint density at radius 3 is 2.14 bits per heavy atom. The molecule has 1 nitrogen and oxygen atoms in total. The highest BCUT2D eigenvalue weighted by molar-refractivity contribution is 9.08. The number of alkyl halides is 1. The van der Waals surface area contributed by atoms with Gasteiger partial charge in [-0.25, -0.2) is 8.78 Å². The van der Waals surface area contributed by atoms with Crippen LogP contribution >= 0.6 is 15.9 Å². The van der Waals surface area contributed by atoms with Gasteiger partial charge in [-0.1, -0.05) is 40.2 Å². The zero-order chi connectivity index (χ0) is 15.5. The molecule has 0 bridgehead atoms. The molecule has 3 rings (SSSR count). The van der Waals surface area contributed by atoms with E-state index in [0.29, 0.717) is 16.6 Å². The number of hydrogen-bond donors (Lipinski definition) is 0. The van der Waals surface area contributed by atoms with Crippen LogP contribution in [-0.2, 0) is 5.33 Å².